The van der Waals surface area contributed by atoms with Gasteiger partial charge in [0.25, 0.3) is 5.91 Å². The number of carbonyl (C=O) groups is 1. The number of carbonyl (C=O) groups excluding carboxylic acids is 1. The summed E-state index contributed by atoms with van der Waals surface area (Å²) in [5.41, 5.74) is 2.04. The highest BCUT2D eigenvalue weighted by Gasteiger charge is 2.15. The van der Waals surface area contributed by atoms with Crippen molar-refractivity contribution in [3.8, 4) is 11.1 Å². The molecule has 1 aliphatic rings. The van der Waals surface area contributed by atoms with Crippen molar-refractivity contribution in [1.29, 1.82) is 0 Å². The first-order chi connectivity index (χ1) is 9.75. The molecule has 100 valence electrons. The first-order valence-electron chi connectivity index (χ1n) is 6.45. The molecule has 0 radical (unpaired) electrons. The topological polar surface area (TPSA) is 33.2 Å². The lowest BCUT2D eigenvalue weighted by Gasteiger charge is -2.23. The summed E-state index contributed by atoms with van der Waals surface area (Å²) in [5, 5.41) is 0. The summed E-state index contributed by atoms with van der Waals surface area (Å²) in [6.45, 7) is 0.677. The third-order valence-electron chi connectivity index (χ3n) is 3.29. The van der Waals surface area contributed by atoms with Gasteiger partial charge in [0, 0.05) is 24.0 Å². The van der Waals surface area contributed by atoms with Gasteiger partial charge in [-0.3, -0.25) is 4.79 Å². The molecule has 0 saturated carbocycles. The summed E-state index contributed by atoms with van der Waals surface area (Å²) in [6, 6.07) is 10.7. The van der Waals surface area contributed by atoms with Crippen molar-refractivity contribution < 1.29 is 9.18 Å². The second-order valence-corrected chi connectivity index (χ2v) is 4.57. The first-order valence-corrected chi connectivity index (χ1v) is 6.45. The lowest BCUT2D eigenvalue weighted by Crippen LogP contribution is -2.32. The van der Waals surface area contributed by atoms with E-state index in [4.69, 9.17) is 0 Å². The number of pyridine rings is 1. The summed E-state index contributed by atoms with van der Waals surface area (Å²) in [4.78, 5) is 17.1. The molecule has 2 aromatic rings. The summed E-state index contributed by atoms with van der Waals surface area (Å²) in [5.74, 6) is -0.506. The molecule has 1 aliphatic heterocycles. The fourth-order valence-electron chi connectivity index (χ4n) is 2.27. The lowest BCUT2D eigenvalue weighted by atomic mass is 10.1. The normalized spacial score (nSPS) is 14.7. The van der Waals surface area contributed by atoms with Crippen molar-refractivity contribution in [3.05, 3.63) is 60.7 Å². The molecular formula is C16H13FN2O. The van der Waals surface area contributed by atoms with Crippen LogP contribution in [0.25, 0.3) is 11.1 Å². The van der Waals surface area contributed by atoms with E-state index in [0.717, 1.165) is 17.7 Å². The molecule has 2 heterocycles. The molecule has 0 saturated heterocycles. The van der Waals surface area contributed by atoms with Gasteiger partial charge >= 0.3 is 0 Å². The Labute approximate surface area is 116 Å². The van der Waals surface area contributed by atoms with Gasteiger partial charge in [-0.1, -0.05) is 18.2 Å². The highest BCUT2D eigenvalue weighted by atomic mass is 19.1. The van der Waals surface area contributed by atoms with Gasteiger partial charge in [0.15, 0.2) is 0 Å². The van der Waals surface area contributed by atoms with E-state index in [-0.39, 0.29) is 5.91 Å². The van der Waals surface area contributed by atoms with E-state index < -0.39 is 5.95 Å². The summed E-state index contributed by atoms with van der Waals surface area (Å²) >= 11 is 0. The summed E-state index contributed by atoms with van der Waals surface area (Å²) < 4.78 is 13.6. The van der Waals surface area contributed by atoms with E-state index in [1.54, 1.807) is 35.2 Å². The molecule has 0 atom stereocenters. The molecule has 0 fully saturated rings. The van der Waals surface area contributed by atoms with Gasteiger partial charge in [-0.15, -0.1) is 0 Å². The largest absolute Gasteiger partial charge is 0.309 e. The maximum Gasteiger partial charge on any atom is 0.250 e. The second kappa shape index (κ2) is 5.25. The Balaban J connectivity index is 1.90. The summed E-state index contributed by atoms with van der Waals surface area (Å²) in [6.07, 6.45) is 5.73. The predicted octanol–water partition coefficient (Wildman–Crippen LogP) is 3.18. The van der Waals surface area contributed by atoms with E-state index in [1.807, 2.05) is 18.2 Å². The smallest absolute Gasteiger partial charge is 0.250 e. The van der Waals surface area contributed by atoms with Gasteiger partial charge in [0.2, 0.25) is 5.95 Å². The van der Waals surface area contributed by atoms with Gasteiger partial charge in [-0.25, -0.2) is 4.98 Å². The molecule has 0 unspecified atom stereocenters. The molecule has 0 N–H and O–H groups in total. The van der Waals surface area contributed by atoms with Crippen LogP contribution in [0.2, 0.25) is 0 Å². The predicted molar refractivity (Wildman–Crippen MR) is 75.7 cm³/mol. The Morgan fingerprint density at radius 3 is 2.65 bits per heavy atom. The Morgan fingerprint density at radius 2 is 1.95 bits per heavy atom. The number of benzene rings is 1. The minimum absolute atomic E-state index is 0.0171. The van der Waals surface area contributed by atoms with Crippen LogP contribution in [-0.2, 0) is 4.79 Å². The van der Waals surface area contributed by atoms with Crippen LogP contribution in [0.4, 0.5) is 10.1 Å². The fraction of sp³-hybridized carbons (Fsp3) is 0.125. The van der Waals surface area contributed by atoms with Crippen molar-refractivity contribution in [2.24, 2.45) is 0 Å². The van der Waals surface area contributed by atoms with Gasteiger partial charge < -0.3 is 4.90 Å². The highest BCUT2D eigenvalue weighted by molar-refractivity contribution is 6.02. The van der Waals surface area contributed by atoms with Crippen LogP contribution in [0.15, 0.2) is 54.7 Å². The molecule has 0 spiro atoms. The van der Waals surface area contributed by atoms with Crippen LogP contribution in [0, 0.1) is 5.95 Å². The molecule has 0 bridgehead atoms. The minimum atomic E-state index is -0.489. The lowest BCUT2D eigenvalue weighted by molar-refractivity contribution is -0.114. The molecule has 1 amide bonds. The average Bonchev–Trinajstić information content (AvgIpc) is 2.49. The van der Waals surface area contributed by atoms with Crippen molar-refractivity contribution in [3.63, 3.8) is 0 Å². The van der Waals surface area contributed by atoms with E-state index in [2.05, 4.69) is 4.98 Å². The Hall–Kier alpha value is -2.49. The van der Waals surface area contributed by atoms with Gasteiger partial charge in [0.05, 0.1) is 0 Å². The van der Waals surface area contributed by atoms with Crippen LogP contribution >= 0.6 is 0 Å². The first kappa shape index (κ1) is 12.5. The molecule has 3 rings (SSSR count). The Kier molecular flexibility index (Phi) is 3.29. The van der Waals surface area contributed by atoms with E-state index in [9.17, 15) is 9.18 Å². The number of hydrogen-bond donors (Lipinski definition) is 0. The molecule has 0 aliphatic carbocycles. The highest BCUT2D eigenvalue weighted by Crippen LogP contribution is 2.25. The van der Waals surface area contributed by atoms with Crippen LogP contribution < -0.4 is 4.90 Å². The van der Waals surface area contributed by atoms with Gasteiger partial charge in [0.1, 0.15) is 0 Å². The molecule has 3 nitrogen and oxygen atoms in total. The van der Waals surface area contributed by atoms with Crippen molar-refractivity contribution in [1.82, 2.24) is 4.98 Å². The number of halogens is 1. The average molecular weight is 268 g/mol. The number of anilines is 1. The zero-order valence-corrected chi connectivity index (χ0v) is 10.8. The quantitative estimate of drug-likeness (QED) is 0.784. The molecule has 4 heteroatoms. The van der Waals surface area contributed by atoms with E-state index in [1.165, 1.54) is 6.20 Å². The van der Waals surface area contributed by atoms with Crippen molar-refractivity contribution in [2.45, 2.75) is 6.42 Å². The molecular weight excluding hydrogens is 255 g/mol. The standard InChI is InChI=1S/C16H13FN2O/c17-16-14(4-3-10-18-16)12-6-8-13(9-7-12)19-11-2-1-5-15(19)20/h1,3-10H,2,11H2. The number of rotatable bonds is 2. The van der Waals surface area contributed by atoms with Gasteiger partial charge in [-0.2, -0.15) is 4.39 Å². The minimum Gasteiger partial charge on any atom is -0.309 e. The van der Waals surface area contributed by atoms with E-state index in [0.29, 0.717) is 12.1 Å². The number of aromatic nitrogens is 1. The third-order valence-corrected chi connectivity index (χ3v) is 3.29. The number of hydrogen-bond acceptors (Lipinski definition) is 2. The van der Waals surface area contributed by atoms with Gasteiger partial charge in [-0.05, 0) is 42.3 Å². The molecule has 20 heavy (non-hydrogen) atoms. The maximum atomic E-state index is 13.6. The van der Waals surface area contributed by atoms with Crippen LogP contribution in [-0.4, -0.2) is 17.4 Å². The SMILES string of the molecule is O=C1C=CCCN1c1ccc(-c2cccnc2F)cc1. The van der Waals surface area contributed by atoms with Crippen molar-refractivity contribution >= 4 is 11.6 Å². The zero-order chi connectivity index (χ0) is 13.9. The number of nitrogens with zero attached hydrogens (tertiary/aromatic N) is 2. The van der Waals surface area contributed by atoms with Crippen LogP contribution in [0.3, 0.4) is 0 Å². The Bertz CT molecular complexity index is 664. The van der Waals surface area contributed by atoms with Crippen LogP contribution in [0.1, 0.15) is 6.42 Å². The molecule has 1 aromatic carbocycles. The Morgan fingerprint density at radius 1 is 1.15 bits per heavy atom. The third kappa shape index (κ3) is 2.32. The second-order valence-electron chi connectivity index (χ2n) is 4.57. The number of amides is 1. The van der Waals surface area contributed by atoms with E-state index >= 15 is 0 Å². The van der Waals surface area contributed by atoms with Crippen molar-refractivity contribution in [2.75, 3.05) is 11.4 Å². The zero-order valence-electron chi connectivity index (χ0n) is 10.8. The maximum absolute atomic E-state index is 13.6. The monoisotopic (exact) mass is 268 g/mol. The van der Waals surface area contributed by atoms with Crippen LogP contribution in [0.5, 0.6) is 0 Å². The molecule has 1 aromatic heterocycles. The fourth-order valence-corrected chi connectivity index (χ4v) is 2.27. The summed E-state index contributed by atoms with van der Waals surface area (Å²) in [7, 11) is 0.